The highest BCUT2D eigenvalue weighted by Crippen LogP contribution is 2.32. The van der Waals surface area contributed by atoms with Crippen molar-refractivity contribution < 1.29 is 19.0 Å². The van der Waals surface area contributed by atoms with Crippen molar-refractivity contribution >= 4 is 23.8 Å². The lowest BCUT2D eigenvalue weighted by molar-refractivity contribution is 0.0296. The molecule has 1 aromatic heterocycles. The van der Waals surface area contributed by atoms with Crippen LogP contribution in [0.5, 0.6) is 0 Å². The fourth-order valence-corrected chi connectivity index (χ4v) is 5.41. The van der Waals surface area contributed by atoms with Crippen LogP contribution in [-0.4, -0.2) is 65.8 Å². The minimum atomic E-state index is -0.305. The number of alkyl carbamates (subject to hydrolysis) is 1. The molecule has 11 nitrogen and oxygen atoms in total. The van der Waals surface area contributed by atoms with Gasteiger partial charge in [0.05, 0.1) is 42.6 Å². The molecule has 2 saturated heterocycles. The summed E-state index contributed by atoms with van der Waals surface area (Å²) in [6, 6.07) is 0.395. The lowest BCUT2D eigenvalue weighted by Gasteiger charge is -2.18. The van der Waals surface area contributed by atoms with Crippen LogP contribution in [0.15, 0.2) is 4.99 Å². The van der Waals surface area contributed by atoms with E-state index in [1.54, 1.807) is 0 Å². The van der Waals surface area contributed by atoms with Crippen LogP contribution in [0.4, 0.5) is 4.79 Å². The Bertz CT molecular complexity index is 1090. The van der Waals surface area contributed by atoms with Gasteiger partial charge in [0, 0.05) is 43.6 Å². The van der Waals surface area contributed by atoms with Crippen LogP contribution in [0.3, 0.4) is 0 Å². The van der Waals surface area contributed by atoms with Gasteiger partial charge in [-0.3, -0.25) is 4.68 Å². The van der Waals surface area contributed by atoms with Crippen molar-refractivity contribution in [3.05, 3.63) is 16.3 Å². The molecule has 1 amide bonds. The van der Waals surface area contributed by atoms with Gasteiger partial charge in [0.25, 0.3) is 0 Å². The fourth-order valence-electron chi connectivity index (χ4n) is 5.41. The number of nitrogens with zero attached hydrogens (tertiary/aromatic N) is 3. The van der Waals surface area contributed by atoms with E-state index in [1.807, 2.05) is 31.8 Å². The smallest absolute Gasteiger partial charge is 0.407 e. The van der Waals surface area contributed by atoms with E-state index in [9.17, 15) is 4.79 Å². The molecule has 3 aliphatic heterocycles. The number of aryl methyl sites for hydroxylation is 1. The number of hydrogen-bond donors (Lipinski definition) is 4. The van der Waals surface area contributed by atoms with Crippen LogP contribution >= 0.6 is 0 Å². The van der Waals surface area contributed by atoms with E-state index in [0.717, 1.165) is 72.9 Å². The molecule has 11 heteroatoms. The number of aliphatic imine (C=N–C) groups is 1. The molecule has 0 radical (unpaired) electrons. The van der Waals surface area contributed by atoms with Gasteiger partial charge in [-0.1, -0.05) is 6.92 Å². The monoisotopic (exact) mass is 501 g/mol. The number of nitrogens with one attached hydrogen (secondary N) is 4. The average Bonchev–Trinajstić information content (AvgIpc) is 3.66. The SMILES string of the molecule is CCC(C)NC(=O)O[C@@H]1CC[C@H](C2CC(=NC3=c4c(c(COC5CCOC5)nn4C)=CNC3)NN2)C1. The maximum Gasteiger partial charge on any atom is 0.407 e. The molecule has 4 N–H and O–H groups in total. The average molecular weight is 502 g/mol. The summed E-state index contributed by atoms with van der Waals surface area (Å²) in [4.78, 5) is 17.1. The van der Waals surface area contributed by atoms with Crippen LogP contribution < -0.4 is 32.1 Å². The maximum atomic E-state index is 12.1. The molecule has 3 unspecified atom stereocenters. The molecule has 0 aromatic carbocycles. The van der Waals surface area contributed by atoms with E-state index in [1.165, 1.54) is 0 Å². The van der Waals surface area contributed by atoms with Gasteiger partial charge in [-0.2, -0.15) is 5.10 Å². The van der Waals surface area contributed by atoms with Crippen LogP contribution in [0, 0.1) is 5.92 Å². The Morgan fingerprint density at radius 3 is 3.06 bits per heavy atom. The van der Waals surface area contributed by atoms with E-state index in [2.05, 4.69) is 21.5 Å². The first kappa shape index (κ1) is 25.0. The lowest BCUT2D eigenvalue weighted by Crippen LogP contribution is -2.40. The van der Waals surface area contributed by atoms with E-state index in [0.29, 0.717) is 25.7 Å². The minimum absolute atomic E-state index is 0.0252. The molecule has 36 heavy (non-hydrogen) atoms. The molecule has 3 fully saturated rings. The maximum absolute atomic E-state index is 12.1. The highest BCUT2D eigenvalue weighted by Gasteiger charge is 2.36. The first-order valence-electron chi connectivity index (χ1n) is 13.2. The molecule has 1 aliphatic carbocycles. The Balaban J connectivity index is 1.21. The van der Waals surface area contributed by atoms with Gasteiger partial charge < -0.3 is 30.3 Å². The third-order valence-corrected chi connectivity index (χ3v) is 7.62. The van der Waals surface area contributed by atoms with Crippen molar-refractivity contribution in [1.82, 2.24) is 31.3 Å². The summed E-state index contributed by atoms with van der Waals surface area (Å²) in [5.74, 6) is 1.36. The lowest BCUT2D eigenvalue weighted by atomic mass is 9.96. The van der Waals surface area contributed by atoms with Crippen molar-refractivity contribution in [3.63, 3.8) is 0 Å². The van der Waals surface area contributed by atoms with E-state index in [-0.39, 0.29) is 30.4 Å². The zero-order valence-electron chi connectivity index (χ0n) is 21.5. The molecule has 0 spiro atoms. The number of rotatable bonds is 8. The van der Waals surface area contributed by atoms with Crippen molar-refractivity contribution in [2.75, 3.05) is 19.8 Å². The van der Waals surface area contributed by atoms with Crippen LogP contribution in [0.2, 0.25) is 0 Å². The molecule has 5 rings (SSSR count). The number of fused-ring (bicyclic) bond motifs is 1. The Hall–Kier alpha value is -2.63. The summed E-state index contributed by atoms with van der Waals surface area (Å²) in [5.41, 5.74) is 8.58. The van der Waals surface area contributed by atoms with Crippen molar-refractivity contribution in [1.29, 1.82) is 0 Å². The van der Waals surface area contributed by atoms with Crippen LogP contribution in [-0.2, 0) is 27.9 Å². The highest BCUT2D eigenvalue weighted by molar-refractivity contribution is 5.87. The number of carbonyl (C=O) groups is 1. The van der Waals surface area contributed by atoms with Gasteiger partial charge in [-0.25, -0.2) is 15.2 Å². The van der Waals surface area contributed by atoms with Gasteiger partial charge >= 0.3 is 6.09 Å². The first-order chi connectivity index (χ1) is 17.5. The standard InChI is InChI=1S/C25H39N7O4/c1-4-15(2)27-25(33)36-17-6-5-16(9-17)20-10-23(30-29-20)28-21-12-26-11-19-22(31-32(3)24(19)21)14-35-18-7-8-34-13-18/h11,15-18,20,26,29H,4-10,12-14H2,1-3H3,(H,27,33)(H,28,30)/t15?,16-,17+,18?,20?/m0/s1. The summed E-state index contributed by atoms with van der Waals surface area (Å²) in [6.45, 7) is 6.55. The first-order valence-corrected chi connectivity index (χ1v) is 13.2. The fraction of sp³-hybridized carbons (Fsp3) is 0.720. The van der Waals surface area contributed by atoms with Crippen LogP contribution in [0.25, 0.3) is 11.9 Å². The van der Waals surface area contributed by atoms with Gasteiger partial charge in [0.15, 0.2) is 0 Å². The second kappa shape index (κ2) is 11.2. The summed E-state index contributed by atoms with van der Waals surface area (Å²) in [7, 11) is 1.96. The van der Waals surface area contributed by atoms with E-state index < -0.39 is 0 Å². The topological polar surface area (TPSA) is 123 Å². The number of hydrazine groups is 1. The molecular weight excluding hydrogens is 462 g/mol. The molecular formula is C25H39N7O4. The Morgan fingerprint density at radius 2 is 2.25 bits per heavy atom. The van der Waals surface area contributed by atoms with Gasteiger partial charge in [-0.15, -0.1) is 0 Å². The van der Waals surface area contributed by atoms with Crippen molar-refractivity contribution in [3.8, 4) is 0 Å². The predicted octanol–water partition coefficient (Wildman–Crippen LogP) is 0.133. The van der Waals surface area contributed by atoms with E-state index in [4.69, 9.17) is 24.3 Å². The number of amidine groups is 1. The summed E-state index contributed by atoms with van der Waals surface area (Å²) >= 11 is 0. The van der Waals surface area contributed by atoms with Crippen LogP contribution in [0.1, 0.15) is 58.1 Å². The minimum Gasteiger partial charge on any atom is -0.446 e. The summed E-state index contributed by atoms with van der Waals surface area (Å²) in [6.07, 6.45) is 7.26. The second-order valence-electron chi connectivity index (χ2n) is 10.3. The molecule has 1 saturated carbocycles. The second-order valence-corrected chi connectivity index (χ2v) is 10.3. The predicted molar refractivity (Wildman–Crippen MR) is 135 cm³/mol. The number of amides is 1. The number of ether oxygens (including phenoxy) is 3. The zero-order valence-corrected chi connectivity index (χ0v) is 21.5. The van der Waals surface area contributed by atoms with Gasteiger partial charge in [0.2, 0.25) is 0 Å². The molecule has 0 bridgehead atoms. The molecule has 5 atom stereocenters. The largest absolute Gasteiger partial charge is 0.446 e. The summed E-state index contributed by atoms with van der Waals surface area (Å²) in [5, 5.41) is 13.0. The third-order valence-electron chi connectivity index (χ3n) is 7.62. The van der Waals surface area contributed by atoms with Gasteiger partial charge in [0.1, 0.15) is 11.9 Å². The zero-order chi connectivity index (χ0) is 25.1. The molecule has 4 aliphatic rings. The van der Waals surface area contributed by atoms with Gasteiger partial charge in [-0.05, 0) is 44.9 Å². The Morgan fingerprint density at radius 1 is 1.36 bits per heavy atom. The number of aromatic nitrogens is 2. The quantitative estimate of drug-likeness (QED) is 0.397. The van der Waals surface area contributed by atoms with Crippen molar-refractivity contribution in [2.24, 2.45) is 18.0 Å². The number of carbonyl (C=O) groups excluding carboxylic acids is 1. The third kappa shape index (κ3) is 5.68. The normalized spacial score (nSPS) is 29.4. The van der Waals surface area contributed by atoms with Crippen molar-refractivity contribution in [2.45, 2.75) is 83.3 Å². The Labute approximate surface area is 211 Å². The molecule has 198 valence electrons. The molecule has 1 aromatic rings. The van der Waals surface area contributed by atoms with E-state index >= 15 is 0 Å². The summed E-state index contributed by atoms with van der Waals surface area (Å²) < 4.78 is 19.0. The highest BCUT2D eigenvalue weighted by atomic mass is 16.6. The number of hydrogen-bond acceptors (Lipinski definition) is 8. The Kier molecular flexibility index (Phi) is 7.78. The molecule has 4 heterocycles.